The molecule has 1 saturated heterocycles. The van der Waals surface area contributed by atoms with Crippen LogP contribution in [0.2, 0.25) is 0 Å². The van der Waals surface area contributed by atoms with Crippen LogP contribution in [0, 0.1) is 17.3 Å². The topological polar surface area (TPSA) is 18.5 Å². The molecule has 5 rings (SSSR count). The third kappa shape index (κ3) is 1.94. The molecule has 0 amide bonds. The summed E-state index contributed by atoms with van der Waals surface area (Å²) in [5, 5.41) is 0. The fraction of sp³-hybridized carbons (Fsp3) is 0.556. The molecule has 3 saturated carbocycles. The summed E-state index contributed by atoms with van der Waals surface area (Å²) in [5.74, 6) is 3.49. The molecule has 21 heavy (non-hydrogen) atoms. The average Bonchev–Trinajstić information content (AvgIpc) is 2.82. The molecule has 0 aromatic heterocycles. The van der Waals surface area contributed by atoms with Gasteiger partial charge in [0.25, 0.3) is 0 Å². The lowest BCUT2D eigenvalue weighted by atomic mass is 9.43. The van der Waals surface area contributed by atoms with Gasteiger partial charge in [0, 0.05) is 0 Å². The normalized spacial score (nSPS) is 40.1. The minimum absolute atomic E-state index is 0.107. The van der Waals surface area contributed by atoms with Crippen LogP contribution >= 0.6 is 0 Å². The molecule has 1 aliphatic heterocycles. The average molecular weight is 282 g/mol. The quantitative estimate of drug-likeness (QED) is 0.764. The van der Waals surface area contributed by atoms with Crippen molar-refractivity contribution < 1.29 is 9.31 Å². The van der Waals surface area contributed by atoms with Crippen molar-refractivity contribution >= 4 is 13.2 Å². The molecule has 3 aliphatic carbocycles. The van der Waals surface area contributed by atoms with Crippen molar-refractivity contribution in [2.75, 3.05) is 0 Å². The van der Waals surface area contributed by atoms with Gasteiger partial charge < -0.3 is 9.31 Å². The molecule has 1 aromatic carbocycles. The van der Waals surface area contributed by atoms with Crippen molar-refractivity contribution in [2.24, 2.45) is 17.3 Å². The maximum absolute atomic E-state index is 6.35. The van der Waals surface area contributed by atoms with E-state index in [2.05, 4.69) is 57.1 Å². The number of hydrogen-bond donors (Lipinski definition) is 0. The van der Waals surface area contributed by atoms with Gasteiger partial charge in [-0.15, -0.1) is 0 Å². The van der Waals surface area contributed by atoms with Crippen molar-refractivity contribution in [2.45, 2.75) is 45.3 Å². The first-order valence-corrected chi connectivity index (χ1v) is 8.06. The van der Waals surface area contributed by atoms with Crippen molar-refractivity contribution in [1.29, 1.82) is 0 Å². The molecule has 0 N–H and O–H groups in total. The molecule has 4 fully saturated rings. The molecule has 0 unspecified atom stereocenters. The Balaban J connectivity index is 1.51. The van der Waals surface area contributed by atoms with E-state index in [1.807, 2.05) is 6.07 Å². The number of rotatable bonds is 2. The molecule has 0 spiro atoms. The molecular weight excluding hydrogens is 259 g/mol. The van der Waals surface area contributed by atoms with E-state index in [0.29, 0.717) is 11.3 Å². The molecule has 3 heteroatoms. The highest BCUT2D eigenvalue weighted by Gasteiger charge is 2.67. The lowest BCUT2D eigenvalue weighted by Gasteiger charge is -2.64. The molecule has 4 aliphatic rings. The first kappa shape index (κ1) is 13.6. The second-order valence-electron chi connectivity index (χ2n) is 7.61. The zero-order valence-electron chi connectivity index (χ0n) is 13.1. The van der Waals surface area contributed by atoms with E-state index in [1.54, 1.807) is 0 Å². The molecule has 2 nitrogen and oxygen atoms in total. The Bertz CT molecular complexity index is 568. The van der Waals surface area contributed by atoms with Crippen LogP contribution < -0.4 is 0 Å². The van der Waals surface area contributed by atoms with Crippen molar-refractivity contribution in [3.05, 3.63) is 41.9 Å². The van der Waals surface area contributed by atoms with E-state index in [1.165, 1.54) is 12.0 Å². The highest BCUT2D eigenvalue weighted by atomic mass is 16.7. The van der Waals surface area contributed by atoms with Crippen LogP contribution in [0.1, 0.15) is 39.2 Å². The minimum Gasteiger partial charge on any atom is -0.402 e. The van der Waals surface area contributed by atoms with Gasteiger partial charge in [-0.1, -0.05) is 56.2 Å². The fourth-order valence-electron chi connectivity index (χ4n) is 4.73. The van der Waals surface area contributed by atoms with Crippen LogP contribution in [0.3, 0.4) is 0 Å². The van der Waals surface area contributed by atoms with E-state index in [4.69, 9.17) is 9.31 Å². The molecule has 1 heterocycles. The smallest absolute Gasteiger partial charge is 0.402 e. The summed E-state index contributed by atoms with van der Waals surface area (Å²) in [7, 11) is -0.199. The minimum atomic E-state index is -0.199. The predicted molar refractivity (Wildman–Crippen MR) is 85.6 cm³/mol. The van der Waals surface area contributed by atoms with E-state index in [-0.39, 0.29) is 18.8 Å². The van der Waals surface area contributed by atoms with Gasteiger partial charge >= 0.3 is 7.12 Å². The van der Waals surface area contributed by atoms with Crippen molar-refractivity contribution in [1.82, 2.24) is 0 Å². The SMILES string of the molecule is CC1(C)[C@@H]2C[C@H]1[C@]1(C)OB(/C=C/c3ccccc3)O[C@@H]1C2. The van der Waals surface area contributed by atoms with Crippen molar-refractivity contribution in [3.63, 3.8) is 0 Å². The van der Waals surface area contributed by atoms with Crippen LogP contribution in [0.25, 0.3) is 6.08 Å². The zero-order valence-corrected chi connectivity index (χ0v) is 13.1. The van der Waals surface area contributed by atoms with Gasteiger partial charge in [0.05, 0.1) is 11.7 Å². The number of benzene rings is 1. The van der Waals surface area contributed by atoms with E-state index in [9.17, 15) is 0 Å². The van der Waals surface area contributed by atoms with Crippen LogP contribution in [0.15, 0.2) is 36.3 Å². The fourth-order valence-corrected chi connectivity index (χ4v) is 4.73. The predicted octanol–water partition coefficient (Wildman–Crippen LogP) is 3.97. The molecule has 110 valence electrons. The summed E-state index contributed by atoms with van der Waals surface area (Å²) in [6.07, 6.45) is 4.81. The highest BCUT2D eigenvalue weighted by molar-refractivity contribution is 6.52. The maximum Gasteiger partial charge on any atom is 0.486 e. The van der Waals surface area contributed by atoms with E-state index < -0.39 is 0 Å². The largest absolute Gasteiger partial charge is 0.486 e. The maximum atomic E-state index is 6.35. The highest BCUT2D eigenvalue weighted by Crippen LogP contribution is 2.65. The molecule has 1 aromatic rings. The monoisotopic (exact) mass is 282 g/mol. The lowest BCUT2D eigenvalue weighted by Crippen LogP contribution is -2.65. The Morgan fingerprint density at radius 1 is 1.14 bits per heavy atom. The summed E-state index contributed by atoms with van der Waals surface area (Å²) >= 11 is 0. The standard InChI is InChI=1S/C18H23BO2/c1-17(2)14-11-15(17)18(3)16(12-14)20-19(21-18)10-9-13-7-5-4-6-8-13/h4-10,14-16H,11-12H2,1-3H3/b10-9+/t14-,15-,16-,18+/m1/s1. The van der Waals surface area contributed by atoms with Gasteiger partial charge in [-0.25, -0.2) is 0 Å². The second kappa shape index (κ2) is 4.47. The first-order valence-electron chi connectivity index (χ1n) is 8.06. The van der Waals surface area contributed by atoms with Crippen molar-refractivity contribution in [3.8, 4) is 0 Å². The molecule has 2 bridgehead atoms. The summed E-state index contributed by atoms with van der Waals surface area (Å²) < 4.78 is 12.5. The lowest BCUT2D eigenvalue weighted by molar-refractivity contribution is -0.199. The van der Waals surface area contributed by atoms with Crippen LogP contribution in [0.4, 0.5) is 0 Å². The van der Waals surface area contributed by atoms with Gasteiger partial charge in [0.2, 0.25) is 0 Å². The second-order valence-corrected chi connectivity index (χ2v) is 7.61. The molecule has 0 radical (unpaired) electrons. The zero-order chi connectivity index (χ0) is 14.7. The summed E-state index contributed by atoms with van der Waals surface area (Å²) in [4.78, 5) is 0. The van der Waals surface area contributed by atoms with Crippen LogP contribution in [-0.2, 0) is 9.31 Å². The van der Waals surface area contributed by atoms with Crippen LogP contribution in [0.5, 0.6) is 0 Å². The Labute approximate surface area is 127 Å². The van der Waals surface area contributed by atoms with Gasteiger partial charge in [-0.05, 0) is 42.6 Å². The van der Waals surface area contributed by atoms with Gasteiger partial charge in [-0.3, -0.25) is 0 Å². The molecule has 4 atom stereocenters. The summed E-state index contributed by atoms with van der Waals surface area (Å²) in [6.45, 7) is 7.05. The summed E-state index contributed by atoms with van der Waals surface area (Å²) in [6, 6.07) is 10.3. The number of hydrogen-bond acceptors (Lipinski definition) is 2. The van der Waals surface area contributed by atoms with Gasteiger partial charge in [0.1, 0.15) is 0 Å². The summed E-state index contributed by atoms with van der Waals surface area (Å²) in [5.41, 5.74) is 1.49. The van der Waals surface area contributed by atoms with E-state index >= 15 is 0 Å². The first-order chi connectivity index (χ1) is 10.00. The van der Waals surface area contributed by atoms with Gasteiger partial charge in [-0.2, -0.15) is 0 Å². The Morgan fingerprint density at radius 3 is 2.62 bits per heavy atom. The Kier molecular flexibility index (Phi) is 2.89. The molecular formula is C18H23BO2. The third-order valence-electron chi connectivity index (χ3n) is 6.21. The Morgan fingerprint density at radius 2 is 1.90 bits per heavy atom. The third-order valence-corrected chi connectivity index (χ3v) is 6.21. The van der Waals surface area contributed by atoms with Gasteiger partial charge in [0.15, 0.2) is 0 Å². The Hall–Kier alpha value is -1.06. The van der Waals surface area contributed by atoms with Crippen LogP contribution in [-0.4, -0.2) is 18.8 Å². The van der Waals surface area contributed by atoms with E-state index in [0.717, 1.165) is 12.3 Å².